The van der Waals surface area contributed by atoms with Crippen LogP contribution in [-0.2, 0) is 0 Å². The number of rotatable bonds is 4. The standard InChI is InChI=1S/C16H8Br2N2O2S/c17-11-5-1-9(2-6-11)13(21)15-19-16(23-20-15)14(22)10-3-7-12(18)8-4-10/h1-8H. The minimum Gasteiger partial charge on any atom is -0.286 e. The highest BCUT2D eigenvalue weighted by molar-refractivity contribution is 9.10. The van der Waals surface area contributed by atoms with Crippen LogP contribution in [0, 0.1) is 0 Å². The molecule has 0 atom stereocenters. The number of hydrogen-bond donors (Lipinski definition) is 0. The van der Waals surface area contributed by atoms with Crippen LogP contribution in [0.3, 0.4) is 0 Å². The molecule has 7 heteroatoms. The number of carbonyl (C=O) groups is 2. The Morgan fingerprint density at radius 1 is 0.783 bits per heavy atom. The van der Waals surface area contributed by atoms with Gasteiger partial charge >= 0.3 is 0 Å². The minimum absolute atomic E-state index is 0.0396. The lowest BCUT2D eigenvalue weighted by atomic mass is 10.1. The van der Waals surface area contributed by atoms with E-state index in [9.17, 15) is 9.59 Å². The molecule has 0 unspecified atom stereocenters. The second kappa shape index (κ2) is 6.82. The van der Waals surface area contributed by atoms with Gasteiger partial charge in [-0.3, -0.25) is 9.59 Å². The Morgan fingerprint density at radius 2 is 1.26 bits per heavy atom. The monoisotopic (exact) mass is 450 g/mol. The predicted octanol–water partition coefficient (Wildman–Crippen LogP) is 4.53. The maximum Gasteiger partial charge on any atom is 0.231 e. The molecule has 3 aromatic rings. The molecule has 0 N–H and O–H groups in total. The second-order valence-corrected chi connectivity index (χ2v) is 7.18. The summed E-state index contributed by atoms with van der Waals surface area (Å²) in [4.78, 5) is 28.8. The summed E-state index contributed by atoms with van der Waals surface area (Å²) in [5, 5.41) is 0.202. The summed E-state index contributed by atoms with van der Waals surface area (Å²) in [7, 11) is 0. The van der Waals surface area contributed by atoms with Crippen molar-refractivity contribution in [3.63, 3.8) is 0 Å². The zero-order chi connectivity index (χ0) is 16.4. The number of benzene rings is 2. The molecule has 2 aromatic carbocycles. The van der Waals surface area contributed by atoms with E-state index in [-0.39, 0.29) is 22.4 Å². The molecule has 23 heavy (non-hydrogen) atoms. The number of carbonyl (C=O) groups excluding carboxylic acids is 2. The van der Waals surface area contributed by atoms with Gasteiger partial charge in [0.1, 0.15) is 0 Å². The average Bonchev–Trinajstić information content (AvgIpc) is 3.05. The Balaban J connectivity index is 1.85. The van der Waals surface area contributed by atoms with Gasteiger partial charge in [0.15, 0.2) is 5.01 Å². The molecule has 0 aliphatic rings. The summed E-state index contributed by atoms with van der Waals surface area (Å²) < 4.78 is 5.79. The van der Waals surface area contributed by atoms with Crippen LogP contribution in [0.4, 0.5) is 0 Å². The normalized spacial score (nSPS) is 10.5. The number of ketones is 2. The molecule has 0 fully saturated rings. The number of aromatic nitrogens is 2. The first-order chi connectivity index (χ1) is 11.0. The highest BCUT2D eigenvalue weighted by atomic mass is 79.9. The molecule has 0 spiro atoms. The van der Waals surface area contributed by atoms with Crippen molar-refractivity contribution in [1.29, 1.82) is 0 Å². The molecule has 0 radical (unpaired) electrons. The zero-order valence-electron chi connectivity index (χ0n) is 11.5. The smallest absolute Gasteiger partial charge is 0.231 e. The van der Waals surface area contributed by atoms with Gasteiger partial charge in [0.05, 0.1) is 0 Å². The van der Waals surface area contributed by atoms with Gasteiger partial charge in [-0.05, 0) is 60.1 Å². The van der Waals surface area contributed by atoms with Crippen molar-refractivity contribution in [2.24, 2.45) is 0 Å². The number of halogens is 2. The fraction of sp³-hybridized carbons (Fsp3) is 0. The van der Waals surface area contributed by atoms with Crippen LogP contribution in [0.2, 0.25) is 0 Å². The molecular formula is C16H8Br2N2O2S. The predicted molar refractivity (Wildman–Crippen MR) is 95.1 cm³/mol. The van der Waals surface area contributed by atoms with Gasteiger partial charge in [-0.1, -0.05) is 31.9 Å². The number of nitrogens with zero attached hydrogens (tertiary/aromatic N) is 2. The van der Waals surface area contributed by atoms with Gasteiger partial charge < -0.3 is 0 Å². The maximum absolute atomic E-state index is 12.3. The minimum atomic E-state index is -0.302. The van der Waals surface area contributed by atoms with E-state index in [1.807, 2.05) is 0 Å². The first-order valence-corrected chi connectivity index (χ1v) is 8.85. The molecule has 0 amide bonds. The van der Waals surface area contributed by atoms with E-state index in [4.69, 9.17) is 0 Å². The van der Waals surface area contributed by atoms with Crippen molar-refractivity contribution in [2.75, 3.05) is 0 Å². The Hall–Kier alpha value is -1.70. The van der Waals surface area contributed by atoms with Gasteiger partial charge in [-0.15, -0.1) is 0 Å². The molecule has 0 aliphatic carbocycles. The topological polar surface area (TPSA) is 59.9 Å². The quantitative estimate of drug-likeness (QED) is 0.547. The molecule has 1 aromatic heterocycles. The van der Waals surface area contributed by atoms with Crippen LogP contribution in [0.5, 0.6) is 0 Å². The molecule has 0 saturated heterocycles. The third kappa shape index (κ3) is 3.63. The summed E-state index contributed by atoms with van der Waals surface area (Å²) in [6.07, 6.45) is 0. The van der Waals surface area contributed by atoms with Gasteiger partial charge in [0.2, 0.25) is 17.4 Å². The highest BCUT2D eigenvalue weighted by Gasteiger charge is 2.19. The maximum atomic E-state index is 12.3. The summed E-state index contributed by atoms with van der Waals surface area (Å²) in [5.41, 5.74) is 0.987. The van der Waals surface area contributed by atoms with Crippen LogP contribution in [-0.4, -0.2) is 20.9 Å². The van der Waals surface area contributed by atoms with E-state index in [1.54, 1.807) is 48.5 Å². The fourth-order valence-corrected chi connectivity index (χ4v) is 3.02. The summed E-state index contributed by atoms with van der Waals surface area (Å²) >= 11 is 7.57. The Kier molecular flexibility index (Phi) is 4.79. The highest BCUT2D eigenvalue weighted by Crippen LogP contribution is 2.18. The first kappa shape index (κ1) is 16.2. The Morgan fingerprint density at radius 3 is 1.78 bits per heavy atom. The molecule has 1 heterocycles. The van der Waals surface area contributed by atoms with Crippen molar-refractivity contribution in [1.82, 2.24) is 9.36 Å². The average molecular weight is 452 g/mol. The van der Waals surface area contributed by atoms with Crippen molar-refractivity contribution in [3.05, 3.63) is 79.4 Å². The van der Waals surface area contributed by atoms with Crippen molar-refractivity contribution in [3.8, 4) is 0 Å². The molecule has 4 nitrogen and oxygen atoms in total. The largest absolute Gasteiger partial charge is 0.286 e. The van der Waals surface area contributed by atoms with E-state index >= 15 is 0 Å². The molecule has 114 valence electrons. The van der Waals surface area contributed by atoms with Crippen LogP contribution >= 0.6 is 43.4 Å². The van der Waals surface area contributed by atoms with Crippen molar-refractivity contribution < 1.29 is 9.59 Å². The van der Waals surface area contributed by atoms with E-state index in [0.717, 1.165) is 20.5 Å². The third-order valence-electron chi connectivity index (χ3n) is 3.04. The van der Waals surface area contributed by atoms with Gasteiger partial charge in [-0.2, -0.15) is 4.37 Å². The molecule has 0 bridgehead atoms. The van der Waals surface area contributed by atoms with Gasteiger partial charge in [-0.25, -0.2) is 4.98 Å². The summed E-state index contributed by atoms with van der Waals surface area (Å²) in [5.74, 6) is -0.508. The zero-order valence-corrected chi connectivity index (χ0v) is 15.5. The van der Waals surface area contributed by atoms with Crippen LogP contribution in [0.15, 0.2) is 57.5 Å². The SMILES string of the molecule is O=C(c1ccc(Br)cc1)c1nsc(C(=O)c2ccc(Br)cc2)n1. The van der Waals surface area contributed by atoms with E-state index in [2.05, 4.69) is 41.2 Å². The molecule has 0 saturated carbocycles. The van der Waals surface area contributed by atoms with E-state index < -0.39 is 0 Å². The fourth-order valence-electron chi connectivity index (χ4n) is 1.86. The van der Waals surface area contributed by atoms with Crippen LogP contribution < -0.4 is 0 Å². The number of hydrogen-bond acceptors (Lipinski definition) is 5. The van der Waals surface area contributed by atoms with Crippen LogP contribution in [0.25, 0.3) is 0 Å². The lowest BCUT2D eigenvalue weighted by Crippen LogP contribution is -2.05. The van der Waals surface area contributed by atoms with E-state index in [1.165, 1.54) is 0 Å². The molecule has 0 aliphatic heterocycles. The Labute approximate surface area is 153 Å². The lowest BCUT2D eigenvalue weighted by Gasteiger charge is -1.97. The van der Waals surface area contributed by atoms with E-state index in [0.29, 0.717) is 11.1 Å². The second-order valence-electron chi connectivity index (χ2n) is 4.60. The van der Waals surface area contributed by atoms with Crippen LogP contribution in [0.1, 0.15) is 31.5 Å². The lowest BCUT2D eigenvalue weighted by molar-refractivity contribution is 0.103. The van der Waals surface area contributed by atoms with Gasteiger partial charge in [0.25, 0.3) is 0 Å². The molecule has 3 rings (SSSR count). The van der Waals surface area contributed by atoms with Gasteiger partial charge in [0, 0.05) is 20.1 Å². The summed E-state index contributed by atoms with van der Waals surface area (Å²) in [6.45, 7) is 0. The van der Waals surface area contributed by atoms with Crippen molar-refractivity contribution in [2.45, 2.75) is 0 Å². The molecular weight excluding hydrogens is 444 g/mol. The first-order valence-electron chi connectivity index (χ1n) is 6.49. The van der Waals surface area contributed by atoms with Crippen molar-refractivity contribution >= 4 is 55.0 Å². The summed E-state index contributed by atoms with van der Waals surface area (Å²) in [6, 6.07) is 13.9. The Bertz CT molecular complexity index is 802. The third-order valence-corrected chi connectivity index (χ3v) is 4.81.